The maximum Gasteiger partial charge on any atom is 0.280 e. The van der Waals surface area contributed by atoms with Crippen LogP contribution in [0.25, 0.3) is 0 Å². The molecule has 0 saturated heterocycles. The molecule has 0 amide bonds. The molecular formula is C4H4ClNO2S. The average Bonchev–Trinajstić information content (AvgIpc) is 2.12. The van der Waals surface area contributed by atoms with E-state index in [4.69, 9.17) is 0 Å². The van der Waals surface area contributed by atoms with Crippen LogP contribution in [-0.2, 0) is 0 Å². The first kappa shape index (κ1) is 8.39. The van der Waals surface area contributed by atoms with Gasteiger partial charge in [-0.3, -0.25) is 10.1 Å². The fourth-order valence-electron chi connectivity index (χ4n) is 0.361. The minimum atomic E-state index is -0.406. The Hall–Kier alpha value is -0.610. The third kappa shape index (κ3) is 1.99. The molecule has 1 heterocycles. The van der Waals surface area contributed by atoms with Gasteiger partial charge in [0.05, 0.1) is 10.3 Å². The third-order valence-corrected chi connectivity index (χ3v) is 1.39. The number of nitrogens with zero attached hydrogens (tertiary/aromatic N) is 1. The van der Waals surface area contributed by atoms with Gasteiger partial charge in [-0.2, -0.15) is 0 Å². The molecule has 0 unspecified atom stereocenters. The summed E-state index contributed by atoms with van der Waals surface area (Å²) in [6.45, 7) is 0. The van der Waals surface area contributed by atoms with Gasteiger partial charge in [0.15, 0.2) is 0 Å². The monoisotopic (exact) mass is 165 g/mol. The molecule has 0 N–H and O–H groups in total. The first-order chi connectivity index (χ1) is 3.80. The number of hydrogen-bond acceptors (Lipinski definition) is 3. The van der Waals surface area contributed by atoms with Crippen LogP contribution in [0.4, 0.5) is 5.69 Å². The minimum Gasteiger partial charge on any atom is -0.258 e. The van der Waals surface area contributed by atoms with Crippen LogP contribution in [0.15, 0.2) is 16.8 Å². The Morgan fingerprint density at radius 3 is 2.56 bits per heavy atom. The van der Waals surface area contributed by atoms with Crippen molar-refractivity contribution in [3.8, 4) is 0 Å². The van der Waals surface area contributed by atoms with E-state index in [2.05, 4.69) is 0 Å². The van der Waals surface area contributed by atoms with Crippen LogP contribution in [-0.4, -0.2) is 4.92 Å². The van der Waals surface area contributed by atoms with Crippen molar-refractivity contribution in [1.82, 2.24) is 0 Å². The maximum atomic E-state index is 9.87. The standard InChI is InChI=1S/C4H3NO2S.ClH/c6-5(7)4-1-2-8-3-4;/h1-3H;1H. The fourth-order valence-corrected chi connectivity index (χ4v) is 0.962. The summed E-state index contributed by atoms with van der Waals surface area (Å²) < 4.78 is 0. The predicted octanol–water partition coefficient (Wildman–Crippen LogP) is 2.08. The highest BCUT2D eigenvalue weighted by atomic mass is 35.5. The third-order valence-electron chi connectivity index (χ3n) is 0.717. The number of hydrogen-bond donors (Lipinski definition) is 0. The van der Waals surface area contributed by atoms with Crippen LogP contribution in [0.5, 0.6) is 0 Å². The van der Waals surface area contributed by atoms with Crippen molar-refractivity contribution in [2.75, 3.05) is 0 Å². The fraction of sp³-hybridized carbons (Fsp3) is 0. The van der Waals surface area contributed by atoms with Crippen LogP contribution in [0.2, 0.25) is 0 Å². The largest absolute Gasteiger partial charge is 0.280 e. The normalized spacial score (nSPS) is 8.00. The van der Waals surface area contributed by atoms with Crippen molar-refractivity contribution in [1.29, 1.82) is 0 Å². The van der Waals surface area contributed by atoms with Gasteiger partial charge in [0.2, 0.25) is 0 Å². The van der Waals surface area contributed by atoms with E-state index in [0.29, 0.717) is 0 Å². The van der Waals surface area contributed by atoms with Crippen molar-refractivity contribution in [3.05, 3.63) is 26.9 Å². The van der Waals surface area contributed by atoms with Crippen molar-refractivity contribution < 1.29 is 4.92 Å². The average molecular weight is 166 g/mol. The van der Waals surface area contributed by atoms with Gasteiger partial charge >= 0.3 is 0 Å². The number of thiophene rings is 1. The number of nitro groups is 1. The van der Waals surface area contributed by atoms with Crippen LogP contribution >= 0.6 is 23.7 Å². The zero-order chi connectivity index (χ0) is 5.98. The van der Waals surface area contributed by atoms with Gasteiger partial charge in [-0.15, -0.1) is 23.7 Å². The van der Waals surface area contributed by atoms with E-state index in [1.165, 1.54) is 22.8 Å². The highest BCUT2D eigenvalue weighted by molar-refractivity contribution is 7.08. The zero-order valence-electron chi connectivity index (χ0n) is 4.31. The molecule has 0 aliphatic carbocycles. The van der Waals surface area contributed by atoms with Crippen molar-refractivity contribution in [2.24, 2.45) is 0 Å². The smallest absolute Gasteiger partial charge is 0.258 e. The molecule has 1 rings (SSSR count). The van der Waals surface area contributed by atoms with Gasteiger partial charge in [0.1, 0.15) is 0 Å². The van der Waals surface area contributed by atoms with Gasteiger partial charge in [-0.25, -0.2) is 0 Å². The summed E-state index contributed by atoms with van der Waals surface area (Å²) in [5, 5.41) is 13.1. The second-order valence-corrected chi connectivity index (χ2v) is 2.02. The van der Waals surface area contributed by atoms with Crippen molar-refractivity contribution >= 4 is 29.4 Å². The first-order valence-electron chi connectivity index (χ1n) is 1.97. The summed E-state index contributed by atoms with van der Waals surface area (Å²) in [5.74, 6) is 0. The lowest BCUT2D eigenvalue weighted by Gasteiger charge is -1.77. The summed E-state index contributed by atoms with van der Waals surface area (Å²) in [5.41, 5.74) is 0.176. The molecule has 0 spiro atoms. The van der Waals surface area contributed by atoms with Crippen LogP contribution in [0, 0.1) is 10.1 Å². The lowest BCUT2D eigenvalue weighted by Crippen LogP contribution is -1.81. The van der Waals surface area contributed by atoms with E-state index in [1.54, 1.807) is 5.38 Å². The van der Waals surface area contributed by atoms with Gasteiger partial charge in [-0.1, -0.05) is 0 Å². The van der Waals surface area contributed by atoms with E-state index in [1.807, 2.05) is 0 Å². The summed E-state index contributed by atoms with van der Waals surface area (Å²) in [7, 11) is 0. The van der Waals surface area contributed by atoms with E-state index in [9.17, 15) is 10.1 Å². The summed E-state index contributed by atoms with van der Waals surface area (Å²) in [4.78, 5) is 9.47. The molecule has 0 radical (unpaired) electrons. The molecule has 0 saturated carbocycles. The Balaban J connectivity index is 0.000000640. The van der Waals surface area contributed by atoms with Crippen molar-refractivity contribution in [3.63, 3.8) is 0 Å². The second-order valence-electron chi connectivity index (χ2n) is 1.24. The Morgan fingerprint density at radius 2 is 2.33 bits per heavy atom. The van der Waals surface area contributed by atoms with Crippen LogP contribution in [0.1, 0.15) is 0 Å². The van der Waals surface area contributed by atoms with Gasteiger partial charge < -0.3 is 0 Å². The topological polar surface area (TPSA) is 43.1 Å². The minimum absolute atomic E-state index is 0. The number of rotatable bonds is 1. The van der Waals surface area contributed by atoms with Crippen LogP contribution in [0.3, 0.4) is 0 Å². The van der Waals surface area contributed by atoms with E-state index in [-0.39, 0.29) is 18.1 Å². The maximum absolute atomic E-state index is 9.87. The van der Waals surface area contributed by atoms with Crippen LogP contribution < -0.4 is 0 Å². The van der Waals surface area contributed by atoms with Crippen molar-refractivity contribution in [2.45, 2.75) is 0 Å². The van der Waals surface area contributed by atoms with E-state index < -0.39 is 4.92 Å². The van der Waals surface area contributed by atoms with E-state index >= 15 is 0 Å². The molecule has 0 aromatic carbocycles. The summed E-state index contributed by atoms with van der Waals surface area (Å²) >= 11 is 1.33. The highest BCUT2D eigenvalue weighted by Crippen LogP contribution is 2.13. The molecule has 0 fully saturated rings. The Labute approximate surface area is 61.9 Å². The second kappa shape index (κ2) is 3.42. The molecule has 1 aromatic rings. The number of halogens is 1. The molecule has 1 aromatic heterocycles. The highest BCUT2D eigenvalue weighted by Gasteiger charge is 2.00. The van der Waals surface area contributed by atoms with Gasteiger partial charge in [0, 0.05) is 6.07 Å². The summed E-state index contributed by atoms with van der Waals surface area (Å²) in [6.07, 6.45) is 0. The van der Waals surface area contributed by atoms with Gasteiger partial charge in [0.25, 0.3) is 5.69 Å². The molecule has 3 nitrogen and oxygen atoms in total. The predicted molar refractivity (Wildman–Crippen MR) is 38.2 cm³/mol. The molecule has 0 bridgehead atoms. The molecule has 0 aliphatic heterocycles. The molecule has 0 atom stereocenters. The SMILES string of the molecule is Cl.O=[N+]([O-])c1ccsc1. The Morgan fingerprint density at radius 1 is 1.67 bits per heavy atom. The van der Waals surface area contributed by atoms with Gasteiger partial charge in [-0.05, 0) is 5.38 Å². The molecule has 5 heteroatoms. The van der Waals surface area contributed by atoms with E-state index in [0.717, 1.165) is 0 Å². The quantitative estimate of drug-likeness (QED) is 0.472. The molecule has 50 valence electrons. The first-order valence-corrected chi connectivity index (χ1v) is 2.91. The Bertz CT molecular complexity index is 186. The zero-order valence-corrected chi connectivity index (χ0v) is 5.95. The lowest BCUT2D eigenvalue weighted by molar-refractivity contribution is -0.384. The molecular weight excluding hydrogens is 162 g/mol. The summed E-state index contributed by atoms with van der Waals surface area (Å²) in [6, 6.07) is 1.48. The Kier molecular flexibility index (Phi) is 3.19. The molecule has 0 aliphatic rings. The lowest BCUT2D eigenvalue weighted by atomic mass is 10.6. The molecule has 9 heavy (non-hydrogen) atoms.